The molecule has 0 atom stereocenters. The van der Waals surface area contributed by atoms with Gasteiger partial charge in [-0.05, 0) is 25.5 Å². The van der Waals surface area contributed by atoms with Gasteiger partial charge in [0, 0.05) is 57.1 Å². The minimum Gasteiger partial charge on any atom is -0.340 e. The van der Waals surface area contributed by atoms with Crippen LogP contribution in [0.4, 0.5) is 0 Å². The third kappa shape index (κ3) is 5.24. The zero-order valence-corrected chi connectivity index (χ0v) is 17.3. The minimum absolute atomic E-state index is 0.193. The van der Waals surface area contributed by atoms with E-state index in [1.165, 1.54) is 0 Å². The van der Waals surface area contributed by atoms with E-state index in [0.29, 0.717) is 36.7 Å². The van der Waals surface area contributed by atoms with Crippen molar-refractivity contribution in [3.8, 4) is 11.5 Å². The van der Waals surface area contributed by atoms with Crippen molar-refractivity contribution >= 4 is 17.2 Å². The molecular weight excluding hydrogens is 388 g/mol. The normalized spacial score (nSPS) is 15.0. The molecule has 0 N–H and O–H groups in total. The zero-order chi connectivity index (χ0) is 20.1. The minimum atomic E-state index is 0.193. The Morgan fingerprint density at radius 1 is 1.21 bits per heavy atom. The van der Waals surface area contributed by atoms with Gasteiger partial charge < -0.3 is 9.42 Å². The van der Waals surface area contributed by atoms with E-state index in [9.17, 15) is 4.79 Å². The van der Waals surface area contributed by atoms with Crippen LogP contribution in [0.1, 0.15) is 29.4 Å². The average molecular weight is 413 g/mol. The highest BCUT2D eigenvalue weighted by molar-refractivity contribution is 7.09. The quantitative estimate of drug-likeness (QED) is 0.589. The largest absolute Gasteiger partial charge is 0.340 e. The van der Waals surface area contributed by atoms with Crippen LogP contribution in [0.2, 0.25) is 0 Å². The molecule has 1 aliphatic rings. The van der Waals surface area contributed by atoms with E-state index < -0.39 is 0 Å². The Kier molecular flexibility index (Phi) is 6.26. The molecule has 8 nitrogen and oxygen atoms in total. The lowest BCUT2D eigenvalue weighted by Crippen LogP contribution is -2.48. The number of nitrogens with zero attached hydrogens (tertiary/aromatic N) is 6. The molecule has 1 amide bonds. The second kappa shape index (κ2) is 9.23. The van der Waals surface area contributed by atoms with Crippen molar-refractivity contribution in [1.82, 2.24) is 29.9 Å². The van der Waals surface area contributed by atoms with Crippen molar-refractivity contribution < 1.29 is 9.32 Å². The number of rotatable bonds is 7. The van der Waals surface area contributed by atoms with E-state index in [2.05, 4.69) is 30.4 Å². The number of thiazole rings is 1. The summed E-state index contributed by atoms with van der Waals surface area (Å²) in [5.41, 5.74) is 1.81. The lowest BCUT2D eigenvalue weighted by Gasteiger charge is -2.34. The van der Waals surface area contributed by atoms with Gasteiger partial charge in [0.05, 0.1) is 10.7 Å². The molecule has 1 aliphatic heterocycles. The molecule has 3 aromatic heterocycles. The summed E-state index contributed by atoms with van der Waals surface area (Å²) in [5, 5.41) is 7.18. The first-order chi connectivity index (χ1) is 14.2. The maximum Gasteiger partial charge on any atom is 0.227 e. The van der Waals surface area contributed by atoms with Crippen LogP contribution in [-0.4, -0.2) is 62.0 Å². The fourth-order valence-corrected chi connectivity index (χ4v) is 3.97. The molecular formula is C20H24N6O2S. The molecule has 3 aromatic rings. The van der Waals surface area contributed by atoms with Crippen molar-refractivity contribution in [3.63, 3.8) is 0 Å². The molecule has 29 heavy (non-hydrogen) atoms. The van der Waals surface area contributed by atoms with Crippen molar-refractivity contribution in [3.05, 3.63) is 46.4 Å². The second-order valence-corrected chi connectivity index (χ2v) is 8.16. The number of piperazine rings is 1. The van der Waals surface area contributed by atoms with E-state index >= 15 is 0 Å². The average Bonchev–Trinajstić information content (AvgIpc) is 3.38. The van der Waals surface area contributed by atoms with Gasteiger partial charge in [-0.1, -0.05) is 11.2 Å². The first kappa shape index (κ1) is 19.7. The molecule has 0 aliphatic carbocycles. The fourth-order valence-electron chi connectivity index (χ4n) is 3.37. The summed E-state index contributed by atoms with van der Waals surface area (Å²) in [7, 11) is 0. The van der Waals surface area contributed by atoms with Crippen LogP contribution in [0.5, 0.6) is 0 Å². The van der Waals surface area contributed by atoms with Crippen molar-refractivity contribution in [1.29, 1.82) is 0 Å². The van der Waals surface area contributed by atoms with Gasteiger partial charge in [0.15, 0.2) is 0 Å². The van der Waals surface area contributed by atoms with E-state index in [0.717, 1.165) is 43.4 Å². The predicted octanol–water partition coefficient (Wildman–Crippen LogP) is 2.56. The molecule has 152 valence electrons. The van der Waals surface area contributed by atoms with Crippen LogP contribution in [0, 0.1) is 6.92 Å². The highest BCUT2D eigenvalue weighted by Crippen LogP contribution is 2.15. The van der Waals surface area contributed by atoms with Gasteiger partial charge in [0.25, 0.3) is 0 Å². The van der Waals surface area contributed by atoms with Gasteiger partial charge in [-0.25, -0.2) is 4.98 Å². The number of carbonyl (C=O) groups excluding carboxylic acids is 1. The molecule has 0 aromatic carbocycles. The maximum atomic E-state index is 12.5. The Morgan fingerprint density at radius 3 is 2.79 bits per heavy atom. The van der Waals surface area contributed by atoms with Crippen LogP contribution in [0.3, 0.4) is 0 Å². The first-order valence-corrected chi connectivity index (χ1v) is 10.7. The molecule has 0 spiro atoms. The summed E-state index contributed by atoms with van der Waals surface area (Å²) in [4.78, 5) is 29.9. The van der Waals surface area contributed by atoms with Gasteiger partial charge in [-0.2, -0.15) is 4.98 Å². The number of pyridine rings is 1. The molecule has 0 unspecified atom stereocenters. The number of hydrogen-bond donors (Lipinski definition) is 0. The van der Waals surface area contributed by atoms with E-state index in [4.69, 9.17) is 4.52 Å². The van der Waals surface area contributed by atoms with Crippen LogP contribution in [-0.2, 0) is 17.8 Å². The Balaban J connectivity index is 1.18. The Morgan fingerprint density at radius 2 is 2.07 bits per heavy atom. The maximum absolute atomic E-state index is 12.5. The molecule has 0 radical (unpaired) electrons. The number of hydrogen-bond acceptors (Lipinski definition) is 8. The Bertz CT molecular complexity index is 933. The smallest absolute Gasteiger partial charge is 0.227 e. The topological polar surface area (TPSA) is 88.3 Å². The number of aryl methyl sites for hydroxylation is 2. The summed E-state index contributed by atoms with van der Waals surface area (Å²) in [6, 6.07) is 5.57. The van der Waals surface area contributed by atoms with Crippen molar-refractivity contribution in [2.24, 2.45) is 0 Å². The molecule has 1 saturated heterocycles. The summed E-state index contributed by atoms with van der Waals surface area (Å²) in [6.45, 7) is 6.21. The lowest BCUT2D eigenvalue weighted by molar-refractivity contribution is -0.133. The van der Waals surface area contributed by atoms with Crippen molar-refractivity contribution in [2.75, 3.05) is 26.2 Å². The first-order valence-electron chi connectivity index (χ1n) is 9.82. The third-order valence-corrected chi connectivity index (χ3v) is 5.74. The molecule has 0 bridgehead atoms. The monoisotopic (exact) mass is 412 g/mol. The van der Waals surface area contributed by atoms with Crippen molar-refractivity contribution in [2.45, 2.75) is 32.7 Å². The molecule has 0 saturated carbocycles. The van der Waals surface area contributed by atoms with E-state index in [1.54, 1.807) is 17.5 Å². The fraction of sp³-hybridized carbons (Fsp3) is 0.450. The molecule has 1 fully saturated rings. The summed E-state index contributed by atoms with van der Waals surface area (Å²) < 4.78 is 5.28. The molecule has 4 rings (SSSR count). The van der Waals surface area contributed by atoms with E-state index in [1.807, 2.05) is 30.0 Å². The summed E-state index contributed by atoms with van der Waals surface area (Å²) in [6.07, 6.45) is 3.48. The third-order valence-electron chi connectivity index (χ3n) is 4.92. The highest BCUT2D eigenvalue weighted by Gasteiger charge is 2.21. The van der Waals surface area contributed by atoms with Crippen LogP contribution >= 0.6 is 11.3 Å². The van der Waals surface area contributed by atoms with Gasteiger partial charge in [0.2, 0.25) is 17.6 Å². The van der Waals surface area contributed by atoms with E-state index in [-0.39, 0.29) is 5.91 Å². The summed E-state index contributed by atoms with van der Waals surface area (Å²) >= 11 is 1.68. The standard InChI is InChI=1S/C20H24N6O2S/c1-15-22-16(14-29-15)13-25-9-11-26(12-10-25)19(27)7-4-6-18-23-20(24-28-18)17-5-2-3-8-21-17/h2-3,5,8,14H,4,6-7,9-13H2,1H3. The van der Waals surface area contributed by atoms with Gasteiger partial charge in [-0.3, -0.25) is 14.7 Å². The van der Waals surface area contributed by atoms with Gasteiger partial charge in [-0.15, -0.1) is 11.3 Å². The number of amides is 1. The number of aromatic nitrogens is 4. The Hall–Kier alpha value is -2.65. The SMILES string of the molecule is Cc1nc(CN2CCN(C(=O)CCCc3nc(-c4ccccn4)no3)CC2)cs1. The van der Waals surface area contributed by atoms with Gasteiger partial charge in [0.1, 0.15) is 5.69 Å². The molecule has 4 heterocycles. The van der Waals surface area contributed by atoms with Gasteiger partial charge >= 0.3 is 0 Å². The van der Waals surface area contributed by atoms with Crippen LogP contribution in [0.25, 0.3) is 11.5 Å². The molecule has 9 heteroatoms. The Labute approximate surface area is 173 Å². The number of carbonyl (C=O) groups is 1. The predicted molar refractivity (Wildman–Crippen MR) is 109 cm³/mol. The highest BCUT2D eigenvalue weighted by atomic mass is 32.1. The van der Waals surface area contributed by atoms with Crippen LogP contribution in [0.15, 0.2) is 34.3 Å². The summed E-state index contributed by atoms with van der Waals surface area (Å²) in [5.74, 6) is 1.22. The van der Waals surface area contributed by atoms with Crippen LogP contribution < -0.4 is 0 Å². The second-order valence-electron chi connectivity index (χ2n) is 7.10. The lowest BCUT2D eigenvalue weighted by atomic mass is 10.2. The zero-order valence-electron chi connectivity index (χ0n) is 16.5.